The number of carbonyl (C=O) groups excluding carboxylic acids is 1. The maximum atomic E-state index is 11.7. The fraction of sp³-hybridized carbons (Fsp3) is 0.400. The molecule has 0 amide bonds. The van der Waals surface area contributed by atoms with Crippen molar-refractivity contribution in [1.82, 2.24) is 14.8 Å². The molecular weight excluding hydrogens is 302 g/mol. The number of nitrogens with zero attached hydrogens (tertiary/aromatic N) is 2. The Hall–Kier alpha value is -2.02. The zero-order chi connectivity index (χ0) is 15.5. The summed E-state index contributed by atoms with van der Waals surface area (Å²) in [5.41, 5.74) is 0.440. The summed E-state index contributed by atoms with van der Waals surface area (Å²) in [6.45, 7) is 1.97. The Bertz CT molecular complexity index is 734. The highest BCUT2D eigenvalue weighted by Gasteiger charge is 2.28. The Morgan fingerprint density at radius 3 is 2.95 bits per heavy atom. The summed E-state index contributed by atoms with van der Waals surface area (Å²) in [6.07, 6.45) is 2.07. The Kier molecular flexibility index (Phi) is 4.33. The summed E-state index contributed by atoms with van der Waals surface area (Å²) in [4.78, 5) is 23.2. The second-order valence-corrected chi connectivity index (χ2v) is 6.22. The van der Waals surface area contributed by atoms with Crippen LogP contribution in [0.2, 0.25) is 0 Å². The predicted octanol–water partition coefficient (Wildman–Crippen LogP) is 2.28. The third kappa shape index (κ3) is 3.24. The molecule has 116 valence electrons. The molecule has 7 heteroatoms. The van der Waals surface area contributed by atoms with Crippen molar-refractivity contribution in [2.45, 2.75) is 31.0 Å². The van der Waals surface area contributed by atoms with E-state index in [2.05, 4.69) is 10.2 Å². The fourth-order valence-corrected chi connectivity index (χ4v) is 3.05. The van der Waals surface area contributed by atoms with Gasteiger partial charge in [-0.3, -0.25) is 9.36 Å². The largest absolute Gasteiger partial charge is 0.492 e. The minimum Gasteiger partial charge on any atom is -0.492 e. The van der Waals surface area contributed by atoms with Gasteiger partial charge in [-0.25, -0.2) is 9.89 Å². The number of hydrogen-bond donors (Lipinski definition) is 1. The van der Waals surface area contributed by atoms with Gasteiger partial charge in [-0.05, 0) is 31.9 Å². The lowest BCUT2D eigenvalue weighted by Crippen LogP contribution is -2.16. The van der Waals surface area contributed by atoms with E-state index in [9.17, 15) is 9.59 Å². The smallest absolute Gasteiger partial charge is 0.344 e. The van der Waals surface area contributed by atoms with E-state index < -0.39 is 0 Å². The molecule has 0 bridgehead atoms. The van der Waals surface area contributed by atoms with Crippen LogP contribution in [-0.2, 0) is 0 Å². The van der Waals surface area contributed by atoms with Crippen LogP contribution in [-0.4, -0.2) is 32.9 Å². The number of benzene rings is 1. The van der Waals surface area contributed by atoms with Gasteiger partial charge in [-0.15, -0.1) is 5.10 Å². The molecule has 0 spiro atoms. The molecule has 1 heterocycles. The van der Waals surface area contributed by atoms with Crippen LogP contribution in [0, 0.1) is 0 Å². The normalized spacial score (nSPS) is 14.0. The average Bonchev–Trinajstić information content (AvgIpc) is 3.27. The fourth-order valence-electron chi connectivity index (χ4n) is 2.21. The first-order valence-corrected chi connectivity index (χ1v) is 8.18. The maximum absolute atomic E-state index is 11.7. The van der Waals surface area contributed by atoms with Crippen molar-refractivity contribution in [3.63, 3.8) is 0 Å². The van der Waals surface area contributed by atoms with E-state index in [1.165, 1.54) is 18.7 Å². The van der Waals surface area contributed by atoms with Crippen LogP contribution in [0.25, 0.3) is 0 Å². The number of H-pyrrole nitrogens is 1. The van der Waals surface area contributed by atoms with E-state index in [1.807, 2.05) is 12.1 Å². The first kappa shape index (κ1) is 14.9. The monoisotopic (exact) mass is 319 g/mol. The second-order valence-electron chi connectivity index (χ2n) is 5.16. The van der Waals surface area contributed by atoms with Crippen LogP contribution in [0.1, 0.15) is 36.2 Å². The Labute approximate surface area is 131 Å². The standard InChI is InChI=1S/C15H17N3O3S/c1-10(19)12-4-2-3-5-13(12)21-8-9-22-15-17-16-14(20)18(15)11-6-7-11/h2-5,11H,6-9H2,1H3,(H,16,20). The van der Waals surface area contributed by atoms with Crippen molar-refractivity contribution in [2.75, 3.05) is 12.4 Å². The van der Waals surface area contributed by atoms with Crippen molar-refractivity contribution >= 4 is 17.5 Å². The molecule has 0 atom stereocenters. The minimum absolute atomic E-state index is 0.0156. The highest BCUT2D eigenvalue weighted by molar-refractivity contribution is 7.99. The van der Waals surface area contributed by atoms with E-state index >= 15 is 0 Å². The summed E-state index contributed by atoms with van der Waals surface area (Å²) < 4.78 is 7.39. The molecule has 22 heavy (non-hydrogen) atoms. The van der Waals surface area contributed by atoms with E-state index in [1.54, 1.807) is 16.7 Å². The Morgan fingerprint density at radius 2 is 2.23 bits per heavy atom. The molecule has 0 saturated heterocycles. The van der Waals surface area contributed by atoms with Gasteiger partial charge in [-0.1, -0.05) is 23.9 Å². The number of nitrogens with one attached hydrogen (secondary N) is 1. The molecular formula is C15H17N3O3S. The van der Waals surface area contributed by atoms with Gasteiger partial charge in [0, 0.05) is 11.8 Å². The summed E-state index contributed by atoms with van der Waals surface area (Å²) in [5, 5.41) is 7.24. The topological polar surface area (TPSA) is 77.0 Å². The third-order valence-corrected chi connectivity index (χ3v) is 4.34. The number of carbonyl (C=O) groups is 1. The molecule has 1 fully saturated rings. The van der Waals surface area contributed by atoms with Crippen molar-refractivity contribution < 1.29 is 9.53 Å². The highest BCUT2D eigenvalue weighted by Crippen LogP contribution is 2.35. The number of Topliss-reactive ketones (excluding diaryl/α,β-unsaturated/α-hetero) is 1. The lowest BCUT2D eigenvalue weighted by atomic mass is 10.1. The molecule has 2 aromatic rings. The molecule has 0 unspecified atom stereocenters. The van der Waals surface area contributed by atoms with Gasteiger partial charge in [0.25, 0.3) is 0 Å². The molecule has 1 N–H and O–H groups in total. The van der Waals surface area contributed by atoms with Crippen LogP contribution >= 0.6 is 11.8 Å². The maximum Gasteiger partial charge on any atom is 0.344 e. The molecule has 1 aliphatic rings. The highest BCUT2D eigenvalue weighted by atomic mass is 32.2. The minimum atomic E-state index is -0.146. The lowest BCUT2D eigenvalue weighted by molar-refractivity contribution is 0.101. The third-order valence-electron chi connectivity index (χ3n) is 3.42. The number of hydrogen-bond acceptors (Lipinski definition) is 5. The molecule has 1 aromatic carbocycles. The molecule has 3 rings (SSSR count). The number of aromatic nitrogens is 3. The molecule has 1 aliphatic carbocycles. The number of ether oxygens (including phenoxy) is 1. The summed E-state index contributed by atoms with van der Waals surface area (Å²) in [5.74, 6) is 1.24. The number of rotatable bonds is 7. The van der Waals surface area contributed by atoms with Gasteiger partial charge in [0.2, 0.25) is 0 Å². The van der Waals surface area contributed by atoms with Crippen LogP contribution in [0.3, 0.4) is 0 Å². The summed E-state index contributed by atoms with van der Waals surface area (Å²) in [7, 11) is 0. The van der Waals surface area contributed by atoms with E-state index in [0.717, 1.165) is 12.8 Å². The lowest BCUT2D eigenvalue weighted by Gasteiger charge is -2.09. The molecule has 0 aliphatic heterocycles. The Morgan fingerprint density at radius 1 is 1.45 bits per heavy atom. The first-order chi connectivity index (χ1) is 10.7. The van der Waals surface area contributed by atoms with Crippen molar-refractivity contribution in [3.05, 3.63) is 40.3 Å². The van der Waals surface area contributed by atoms with E-state index in [0.29, 0.717) is 34.9 Å². The first-order valence-electron chi connectivity index (χ1n) is 7.19. The zero-order valence-corrected chi connectivity index (χ0v) is 13.1. The van der Waals surface area contributed by atoms with E-state index in [-0.39, 0.29) is 11.5 Å². The quantitative estimate of drug-likeness (QED) is 0.481. The van der Waals surface area contributed by atoms with Crippen molar-refractivity contribution in [3.8, 4) is 5.75 Å². The predicted molar refractivity (Wildman–Crippen MR) is 83.8 cm³/mol. The average molecular weight is 319 g/mol. The molecule has 1 aromatic heterocycles. The van der Waals surface area contributed by atoms with Gasteiger partial charge < -0.3 is 4.74 Å². The number of ketones is 1. The van der Waals surface area contributed by atoms with Gasteiger partial charge in [0.05, 0.1) is 12.2 Å². The van der Waals surface area contributed by atoms with Crippen molar-refractivity contribution in [1.29, 1.82) is 0 Å². The van der Waals surface area contributed by atoms with Crippen LogP contribution < -0.4 is 10.4 Å². The summed E-state index contributed by atoms with van der Waals surface area (Å²) >= 11 is 1.48. The Balaban J connectivity index is 1.56. The zero-order valence-electron chi connectivity index (χ0n) is 12.2. The van der Waals surface area contributed by atoms with E-state index in [4.69, 9.17) is 4.74 Å². The molecule has 1 saturated carbocycles. The molecule has 6 nitrogen and oxygen atoms in total. The van der Waals surface area contributed by atoms with Crippen LogP contribution in [0.15, 0.2) is 34.2 Å². The van der Waals surface area contributed by atoms with Gasteiger partial charge in [0.1, 0.15) is 5.75 Å². The van der Waals surface area contributed by atoms with Crippen molar-refractivity contribution in [2.24, 2.45) is 0 Å². The van der Waals surface area contributed by atoms with Gasteiger partial charge in [0.15, 0.2) is 10.9 Å². The van der Waals surface area contributed by atoms with Gasteiger partial charge >= 0.3 is 5.69 Å². The number of para-hydroxylation sites is 1. The molecule has 0 radical (unpaired) electrons. The second kappa shape index (κ2) is 6.39. The van der Waals surface area contributed by atoms with Gasteiger partial charge in [-0.2, -0.15) is 0 Å². The number of aromatic amines is 1. The SMILES string of the molecule is CC(=O)c1ccccc1OCCSc1n[nH]c(=O)n1C1CC1. The van der Waals surface area contributed by atoms with Crippen LogP contribution in [0.4, 0.5) is 0 Å². The van der Waals surface area contributed by atoms with Crippen LogP contribution in [0.5, 0.6) is 5.75 Å². The summed E-state index contributed by atoms with van der Waals surface area (Å²) in [6, 6.07) is 7.50. The number of thioether (sulfide) groups is 1.